The topological polar surface area (TPSA) is 52.7 Å². The Balaban J connectivity index is 1.65. The van der Waals surface area contributed by atoms with E-state index < -0.39 is 0 Å². The summed E-state index contributed by atoms with van der Waals surface area (Å²) in [7, 11) is 0. The summed E-state index contributed by atoms with van der Waals surface area (Å²) in [5, 5.41) is 3.09. The summed E-state index contributed by atoms with van der Waals surface area (Å²) in [4.78, 5) is 27.8. The van der Waals surface area contributed by atoms with Gasteiger partial charge in [0, 0.05) is 52.1 Å². The van der Waals surface area contributed by atoms with E-state index in [2.05, 4.69) is 24.1 Å². The highest BCUT2D eigenvalue weighted by molar-refractivity contribution is 5.79. The summed E-state index contributed by atoms with van der Waals surface area (Å²) in [6.45, 7) is 11.6. The van der Waals surface area contributed by atoms with Crippen LogP contribution in [0.4, 0.5) is 0 Å². The van der Waals surface area contributed by atoms with E-state index in [4.69, 9.17) is 0 Å². The molecule has 0 spiro atoms. The summed E-state index contributed by atoms with van der Waals surface area (Å²) >= 11 is 0. The van der Waals surface area contributed by atoms with Gasteiger partial charge in [0.05, 0.1) is 0 Å². The number of nitrogens with one attached hydrogen (secondary N) is 1. The van der Waals surface area contributed by atoms with Gasteiger partial charge in [-0.05, 0) is 31.1 Å². The summed E-state index contributed by atoms with van der Waals surface area (Å²) < 4.78 is 0. The predicted molar refractivity (Wildman–Crippen MR) is 87.4 cm³/mol. The van der Waals surface area contributed by atoms with Gasteiger partial charge in [-0.25, -0.2) is 0 Å². The van der Waals surface area contributed by atoms with Gasteiger partial charge in [0.25, 0.3) is 0 Å². The van der Waals surface area contributed by atoms with Gasteiger partial charge < -0.3 is 15.1 Å². The van der Waals surface area contributed by atoms with Crippen molar-refractivity contribution in [3.63, 3.8) is 0 Å². The second-order valence-electron chi connectivity index (χ2n) is 7.28. The first-order chi connectivity index (χ1) is 10.5. The van der Waals surface area contributed by atoms with E-state index in [-0.39, 0.29) is 17.7 Å². The minimum atomic E-state index is 0.0785. The van der Waals surface area contributed by atoms with Gasteiger partial charge in [0.1, 0.15) is 0 Å². The zero-order valence-corrected chi connectivity index (χ0v) is 14.3. The van der Waals surface area contributed by atoms with Gasteiger partial charge in [-0.2, -0.15) is 0 Å². The van der Waals surface area contributed by atoms with Crippen molar-refractivity contribution < 1.29 is 9.59 Å². The molecule has 2 aliphatic heterocycles. The van der Waals surface area contributed by atoms with Crippen molar-refractivity contribution in [2.24, 2.45) is 17.8 Å². The van der Waals surface area contributed by atoms with E-state index in [0.29, 0.717) is 13.1 Å². The van der Waals surface area contributed by atoms with Crippen LogP contribution in [-0.4, -0.2) is 60.9 Å². The Morgan fingerprint density at radius 3 is 2.23 bits per heavy atom. The Kier molecular flexibility index (Phi) is 6.24. The molecular formula is C17H31N3O2. The average molecular weight is 309 g/mol. The fourth-order valence-electron chi connectivity index (χ4n) is 3.91. The largest absolute Gasteiger partial charge is 0.355 e. The van der Waals surface area contributed by atoms with Gasteiger partial charge >= 0.3 is 0 Å². The molecule has 2 fully saturated rings. The molecule has 0 bridgehead atoms. The summed E-state index contributed by atoms with van der Waals surface area (Å²) in [5.41, 5.74) is 0. The van der Waals surface area contributed by atoms with E-state index in [1.165, 1.54) is 6.42 Å². The molecule has 0 aliphatic carbocycles. The lowest BCUT2D eigenvalue weighted by Gasteiger charge is -2.35. The van der Waals surface area contributed by atoms with Gasteiger partial charge in [-0.1, -0.05) is 13.8 Å². The monoisotopic (exact) mass is 309 g/mol. The first-order valence-electron chi connectivity index (χ1n) is 8.71. The van der Waals surface area contributed by atoms with Gasteiger partial charge in [-0.15, -0.1) is 0 Å². The Bertz CT molecular complexity index is 381. The lowest BCUT2D eigenvalue weighted by molar-refractivity contribution is -0.133. The molecule has 0 aromatic carbocycles. The van der Waals surface area contributed by atoms with Crippen LogP contribution in [-0.2, 0) is 9.59 Å². The van der Waals surface area contributed by atoms with Crippen molar-refractivity contribution >= 4 is 11.8 Å². The average Bonchev–Trinajstić information content (AvgIpc) is 2.46. The molecule has 0 saturated carbocycles. The minimum absolute atomic E-state index is 0.0785. The zero-order chi connectivity index (χ0) is 16.1. The molecule has 2 rings (SSSR count). The Morgan fingerprint density at radius 2 is 1.68 bits per heavy atom. The van der Waals surface area contributed by atoms with Crippen LogP contribution in [0.5, 0.6) is 0 Å². The number of carbonyl (C=O) groups excluding carboxylic acids is 2. The molecule has 5 heteroatoms. The summed E-state index contributed by atoms with van der Waals surface area (Å²) in [6.07, 6.45) is 2.91. The second kappa shape index (κ2) is 7.95. The number of rotatable bonds is 4. The second-order valence-corrected chi connectivity index (χ2v) is 7.28. The molecule has 2 heterocycles. The van der Waals surface area contributed by atoms with Gasteiger partial charge in [0.15, 0.2) is 0 Å². The van der Waals surface area contributed by atoms with Crippen molar-refractivity contribution in [3.05, 3.63) is 0 Å². The summed E-state index contributed by atoms with van der Waals surface area (Å²) in [6, 6.07) is 0. The number of nitrogens with zero attached hydrogens (tertiary/aromatic N) is 2. The molecule has 2 saturated heterocycles. The smallest absolute Gasteiger partial charge is 0.223 e. The SMILES string of the molecule is CC(=O)N1CCC(C(=O)NCCN2C[C@H](C)C[C@@H](C)C2)CC1. The normalized spacial score (nSPS) is 27.7. The Labute approximate surface area is 134 Å². The molecule has 22 heavy (non-hydrogen) atoms. The maximum Gasteiger partial charge on any atom is 0.223 e. The third kappa shape index (κ3) is 4.97. The molecule has 1 N–H and O–H groups in total. The quantitative estimate of drug-likeness (QED) is 0.852. The highest BCUT2D eigenvalue weighted by Gasteiger charge is 2.26. The Morgan fingerprint density at radius 1 is 1.09 bits per heavy atom. The number of piperidine rings is 2. The molecule has 2 amide bonds. The fraction of sp³-hybridized carbons (Fsp3) is 0.882. The number of hydrogen-bond acceptors (Lipinski definition) is 3. The predicted octanol–water partition coefficient (Wildman–Crippen LogP) is 1.34. The van der Waals surface area contributed by atoms with Crippen molar-refractivity contribution in [1.29, 1.82) is 0 Å². The van der Waals surface area contributed by atoms with Crippen LogP contribution in [0.2, 0.25) is 0 Å². The number of hydrogen-bond donors (Lipinski definition) is 1. The first-order valence-corrected chi connectivity index (χ1v) is 8.71. The lowest BCUT2D eigenvalue weighted by Crippen LogP contribution is -2.45. The molecule has 0 aromatic heterocycles. The van der Waals surface area contributed by atoms with Crippen LogP contribution < -0.4 is 5.32 Å². The van der Waals surface area contributed by atoms with Crippen LogP contribution in [0.3, 0.4) is 0 Å². The fourth-order valence-corrected chi connectivity index (χ4v) is 3.91. The third-order valence-corrected chi connectivity index (χ3v) is 4.98. The van der Waals surface area contributed by atoms with Crippen molar-refractivity contribution in [2.75, 3.05) is 39.3 Å². The van der Waals surface area contributed by atoms with E-state index in [1.54, 1.807) is 6.92 Å². The Hall–Kier alpha value is -1.10. The molecule has 0 unspecified atom stereocenters. The van der Waals surface area contributed by atoms with Crippen LogP contribution in [0, 0.1) is 17.8 Å². The van der Waals surface area contributed by atoms with Crippen molar-refractivity contribution in [3.8, 4) is 0 Å². The first kappa shape index (κ1) is 17.3. The number of amides is 2. The van der Waals surface area contributed by atoms with E-state index in [0.717, 1.165) is 50.9 Å². The maximum absolute atomic E-state index is 12.2. The van der Waals surface area contributed by atoms with E-state index in [9.17, 15) is 9.59 Å². The van der Waals surface area contributed by atoms with Crippen molar-refractivity contribution in [1.82, 2.24) is 15.1 Å². The number of carbonyl (C=O) groups is 2. The van der Waals surface area contributed by atoms with Gasteiger partial charge in [-0.3, -0.25) is 9.59 Å². The molecule has 5 nitrogen and oxygen atoms in total. The highest BCUT2D eigenvalue weighted by Crippen LogP contribution is 2.20. The van der Waals surface area contributed by atoms with Crippen LogP contribution in [0.15, 0.2) is 0 Å². The maximum atomic E-state index is 12.2. The van der Waals surface area contributed by atoms with Crippen LogP contribution in [0.25, 0.3) is 0 Å². The third-order valence-electron chi connectivity index (χ3n) is 4.98. The van der Waals surface area contributed by atoms with E-state index in [1.807, 2.05) is 4.90 Å². The molecule has 126 valence electrons. The van der Waals surface area contributed by atoms with Crippen LogP contribution in [0.1, 0.15) is 40.0 Å². The van der Waals surface area contributed by atoms with Crippen LogP contribution >= 0.6 is 0 Å². The highest BCUT2D eigenvalue weighted by atomic mass is 16.2. The van der Waals surface area contributed by atoms with E-state index >= 15 is 0 Å². The van der Waals surface area contributed by atoms with Gasteiger partial charge in [0.2, 0.25) is 11.8 Å². The number of likely N-dealkylation sites (tertiary alicyclic amines) is 2. The minimum Gasteiger partial charge on any atom is -0.355 e. The molecule has 0 radical (unpaired) electrons. The molecule has 0 aromatic rings. The molecular weight excluding hydrogens is 278 g/mol. The van der Waals surface area contributed by atoms with Crippen molar-refractivity contribution in [2.45, 2.75) is 40.0 Å². The standard InChI is InChI=1S/C17H31N3O2/c1-13-10-14(2)12-19(11-13)9-6-18-17(22)16-4-7-20(8-5-16)15(3)21/h13-14,16H,4-12H2,1-3H3,(H,18,22)/t13-,14-/m1/s1. The lowest BCUT2D eigenvalue weighted by atomic mass is 9.92. The molecule has 2 aliphatic rings. The molecule has 2 atom stereocenters. The summed E-state index contributed by atoms with van der Waals surface area (Å²) in [5.74, 6) is 1.88. The zero-order valence-electron chi connectivity index (χ0n) is 14.3.